The number of hydrazone groups is 1. The van der Waals surface area contributed by atoms with Gasteiger partial charge in [0.15, 0.2) is 5.11 Å². The zero-order chi connectivity index (χ0) is 25.1. The molecule has 0 aliphatic heterocycles. The zero-order valence-electron chi connectivity index (χ0n) is 18.4. The Hall–Kier alpha value is -4.51. The van der Waals surface area contributed by atoms with E-state index in [0.29, 0.717) is 10.8 Å². The number of hydrogen-bond acceptors (Lipinski definition) is 5. The van der Waals surface area contributed by atoms with Crippen molar-refractivity contribution < 1.29 is 17.9 Å². The SMILES string of the molecule is FC(F)(F)Oc1ccc(-n2cnc3c4ccc(C=NNC(=S)Nc5cccnc5)cc4ccc32)cc1. The first-order valence-corrected chi connectivity index (χ1v) is 11.0. The zero-order valence-corrected chi connectivity index (χ0v) is 19.2. The Morgan fingerprint density at radius 3 is 2.64 bits per heavy atom. The summed E-state index contributed by atoms with van der Waals surface area (Å²) in [6.07, 6.45) is 1.89. The summed E-state index contributed by atoms with van der Waals surface area (Å²) in [6.45, 7) is 0. The fraction of sp³-hybridized carbons (Fsp3) is 0.0400. The van der Waals surface area contributed by atoms with E-state index in [2.05, 4.69) is 30.5 Å². The number of nitrogens with zero attached hydrogens (tertiary/aromatic N) is 4. The Balaban J connectivity index is 1.33. The number of alkyl halides is 3. The molecule has 2 heterocycles. The van der Waals surface area contributed by atoms with Crippen molar-refractivity contribution in [2.45, 2.75) is 6.36 Å². The van der Waals surface area contributed by atoms with Crippen LogP contribution in [0.4, 0.5) is 18.9 Å². The standard InChI is InChI=1S/C25H17F3N6OS/c26-25(27,28)35-20-7-5-19(6-8-20)34-15-30-23-21-9-3-16(12-17(21)4-10-22(23)34)13-31-33-24(36)32-18-2-1-11-29-14-18/h1-15H,(H2,32,33,36). The topological polar surface area (TPSA) is 76.4 Å². The molecule has 2 aromatic heterocycles. The highest BCUT2D eigenvalue weighted by atomic mass is 32.1. The van der Waals surface area contributed by atoms with Gasteiger partial charge in [0.25, 0.3) is 0 Å². The Bertz CT molecular complexity index is 1570. The van der Waals surface area contributed by atoms with Crippen LogP contribution < -0.4 is 15.5 Å². The third-order valence-corrected chi connectivity index (χ3v) is 5.40. The molecule has 0 aliphatic rings. The van der Waals surface area contributed by atoms with E-state index in [9.17, 15) is 13.2 Å². The van der Waals surface area contributed by atoms with Crippen molar-refractivity contribution in [3.8, 4) is 11.4 Å². The lowest BCUT2D eigenvalue weighted by Crippen LogP contribution is -2.23. The number of aromatic nitrogens is 3. The maximum atomic E-state index is 12.4. The summed E-state index contributed by atoms with van der Waals surface area (Å²) in [5.41, 5.74) is 6.64. The number of benzene rings is 3. The monoisotopic (exact) mass is 506 g/mol. The van der Waals surface area contributed by atoms with Crippen molar-refractivity contribution in [2.24, 2.45) is 5.10 Å². The predicted octanol–water partition coefficient (Wildman–Crippen LogP) is 5.79. The largest absolute Gasteiger partial charge is 0.573 e. The minimum absolute atomic E-state index is 0.279. The van der Waals surface area contributed by atoms with E-state index < -0.39 is 6.36 Å². The summed E-state index contributed by atoms with van der Waals surface area (Å²) in [6, 6.07) is 19.0. The molecular weight excluding hydrogens is 489 g/mol. The lowest BCUT2D eigenvalue weighted by atomic mass is 10.1. The van der Waals surface area contributed by atoms with Gasteiger partial charge in [0.1, 0.15) is 12.1 Å². The second kappa shape index (κ2) is 9.62. The number of fused-ring (bicyclic) bond motifs is 3. The second-order valence-corrected chi connectivity index (χ2v) is 8.04. The number of thiocarbonyl (C=S) groups is 1. The number of nitrogens with one attached hydrogen (secondary N) is 2. The van der Waals surface area contributed by atoms with Gasteiger partial charge < -0.3 is 10.1 Å². The van der Waals surface area contributed by atoms with Gasteiger partial charge in [-0.2, -0.15) is 5.10 Å². The van der Waals surface area contributed by atoms with E-state index in [-0.39, 0.29) is 5.75 Å². The number of rotatable bonds is 5. The van der Waals surface area contributed by atoms with Gasteiger partial charge in [-0.1, -0.05) is 18.2 Å². The molecule has 180 valence electrons. The highest BCUT2D eigenvalue weighted by Gasteiger charge is 2.31. The molecule has 0 bridgehead atoms. The Morgan fingerprint density at radius 1 is 1.06 bits per heavy atom. The van der Waals surface area contributed by atoms with Crippen LogP contribution in [0.5, 0.6) is 5.75 Å². The van der Waals surface area contributed by atoms with Crippen molar-refractivity contribution in [1.29, 1.82) is 0 Å². The van der Waals surface area contributed by atoms with Gasteiger partial charge in [-0.25, -0.2) is 4.98 Å². The van der Waals surface area contributed by atoms with Crippen LogP contribution in [0, 0.1) is 0 Å². The molecule has 7 nitrogen and oxygen atoms in total. The average Bonchev–Trinajstić information content (AvgIpc) is 3.29. The van der Waals surface area contributed by atoms with Gasteiger partial charge in [-0.15, -0.1) is 13.2 Å². The van der Waals surface area contributed by atoms with Crippen LogP contribution >= 0.6 is 12.2 Å². The minimum atomic E-state index is -4.73. The summed E-state index contributed by atoms with van der Waals surface area (Å²) < 4.78 is 43.0. The highest BCUT2D eigenvalue weighted by Crippen LogP contribution is 2.28. The molecule has 0 radical (unpaired) electrons. The van der Waals surface area contributed by atoms with E-state index in [0.717, 1.165) is 33.1 Å². The van der Waals surface area contributed by atoms with Gasteiger partial charge >= 0.3 is 6.36 Å². The average molecular weight is 507 g/mol. The molecule has 2 N–H and O–H groups in total. The van der Waals surface area contributed by atoms with Crippen molar-refractivity contribution in [1.82, 2.24) is 20.0 Å². The molecular formula is C25H17F3N6OS. The molecule has 5 aromatic rings. The number of halogens is 3. The number of hydrogen-bond donors (Lipinski definition) is 2. The van der Waals surface area contributed by atoms with Crippen molar-refractivity contribution >= 4 is 51.0 Å². The summed E-state index contributed by atoms with van der Waals surface area (Å²) in [5.74, 6) is -0.279. The molecule has 0 saturated carbocycles. The number of ether oxygens (including phenoxy) is 1. The van der Waals surface area contributed by atoms with E-state index >= 15 is 0 Å². The first-order chi connectivity index (χ1) is 17.4. The maximum Gasteiger partial charge on any atom is 0.573 e. The molecule has 0 saturated heterocycles. The van der Waals surface area contributed by atoms with Crippen molar-refractivity contribution in [3.63, 3.8) is 0 Å². The quantitative estimate of drug-likeness (QED) is 0.179. The summed E-state index contributed by atoms with van der Waals surface area (Å²) in [5, 5.41) is 9.39. The van der Waals surface area contributed by atoms with Crippen LogP contribution in [0.1, 0.15) is 5.56 Å². The van der Waals surface area contributed by atoms with E-state index in [1.807, 2.05) is 41.0 Å². The molecule has 36 heavy (non-hydrogen) atoms. The van der Waals surface area contributed by atoms with Crippen LogP contribution in [0.15, 0.2) is 90.6 Å². The third-order valence-electron chi connectivity index (χ3n) is 5.20. The molecule has 0 amide bonds. The normalized spacial score (nSPS) is 11.8. The van der Waals surface area contributed by atoms with Gasteiger partial charge in [0.2, 0.25) is 0 Å². The number of pyridine rings is 1. The Labute approximate surface area is 208 Å². The minimum Gasteiger partial charge on any atom is -0.406 e. The molecule has 0 atom stereocenters. The lowest BCUT2D eigenvalue weighted by Gasteiger charge is -2.10. The van der Waals surface area contributed by atoms with Gasteiger partial charge in [0.05, 0.1) is 29.1 Å². The molecule has 0 aliphatic carbocycles. The molecule has 0 spiro atoms. The molecule has 0 fully saturated rings. The van der Waals surface area contributed by atoms with Crippen molar-refractivity contribution in [3.05, 3.63) is 91.0 Å². The van der Waals surface area contributed by atoms with Crippen LogP contribution in [0.2, 0.25) is 0 Å². The van der Waals surface area contributed by atoms with Crippen LogP contribution in [-0.4, -0.2) is 32.2 Å². The number of imidazole rings is 1. The smallest absolute Gasteiger partial charge is 0.406 e. The Kier molecular flexibility index (Phi) is 6.21. The maximum absolute atomic E-state index is 12.4. The third kappa shape index (κ3) is 5.26. The highest BCUT2D eigenvalue weighted by molar-refractivity contribution is 7.80. The first kappa shape index (κ1) is 23.2. The fourth-order valence-electron chi connectivity index (χ4n) is 3.68. The van der Waals surface area contributed by atoms with Gasteiger partial charge in [0, 0.05) is 17.3 Å². The van der Waals surface area contributed by atoms with Crippen LogP contribution in [0.25, 0.3) is 27.5 Å². The Morgan fingerprint density at radius 2 is 1.89 bits per heavy atom. The summed E-state index contributed by atoms with van der Waals surface area (Å²) >= 11 is 5.22. The molecule has 0 unspecified atom stereocenters. The van der Waals surface area contributed by atoms with Crippen LogP contribution in [0.3, 0.4) is 0 Å². The van der Waals surface area contributed by atoms with Crippen molar-refractivity contribution in [2.75, 3.05) is 5.32 Å². The van der Waals surface area contributed by atoms with Crippen LogP contribution in [-0.2, 0) is 0 Å². The molecule has 5 rings (SSSR count). The predicted molar refractivity (Wildman–Crippen MR) is 136 cm³/mol. The first-order valence-electron chi connectivity index (χ1n) is 10.6. The fourth-order valence-corrected chi connectivity index (χ4v) is 3.85. The van der Waals surface area contributed by atoms with E-state index in [1.165, 1.54) is 12.1 Å². The van der Waals surface area contributed by atoms with Gasteiger partial charge in [-0.05, 0) is 71.7 Å². The van der Waals surface area contributed by atoms with Gasteiger partial charge in [-0.3, -0.25) is 15.0 Å². The molecule has 3 aromatic carbocycles. The second-order valence-electron chi connectivity index (χ2n) is 7.64. The lowest BCUT2D eigenvalue weighted by molar-refractivity contribution is -0.274. The van der Waals surface area contributed by atoms with E-state index in [1.54, 1.807) is 43.1 Å². The summed E-state index contributed by atoms with van der Waals surface area (Å²) in [7, 11) is 0. The summed E-state index contributed by atoms with van der Waals surface area (Å²) in [4.78, 5) is 8.55. The molecule has 11 heteroatoms. The number of anilines is 1. The van der Waals surface area contributed by atoms with E-state index in [4.69, 9.17) is 12.2 Å².